The molecule has 5 nitrogen and oxygen atoms in total. The summed E-state index contributed by atoms with van der Waals surface area (Å²) in [4.78, 5) is 36.1. The number of carbonyl (C=O) groups excluding carboxylic acids is 3. The van der Waals surface area contributed by atoms with Crippen molar-refractivity contribution < 1.29 is 14.4 Å². The predicted molar refractivity (Wildman–Crippen MR) is 67.6 cm³/mol. The van der Waals surface area contributed by atoms with Gasteiger partial charge in [0.2, 0.25) is 17.7 Å². The van der Waals surface area contributed by atoms with Gasteiger partial charge in [0, 0.05) is 31.3 Å². The van der Waals surface area contributed by atoms with Gasteiger partial charge in [-0.1, -0.05) is 6.92 Å². The quantitative estimate of drug-likeness (QED) is 0.721. The molecule has 1 saturated heterocycles. The Hall–Kier alpha value is -1.39. The number of hydrogen-bond acceptors (Lipinski definition) is 3. The fourth-order valence-corrected chi connectivity index (χ4v) is 2.10. The number of nitrogens with zero attached hydrogens (tertiary/aromatic N) is 1. The predicted octanol–water partition coefficient (Wildman–Crippen LogP) is 1.08. The first-order valence-corrected chi connectivity index (χ1v) is 6.59. The molecule has 1 rings (SSSR count). The minimum absolute atomic E-state index is 0.0314. The maximum atomic E-state index is 11.8. The molecule has 1 fully saturated rings. The van der Waals surface area contributed by atoms with Crippen LogP contribution in [0.5, 0.6) is 0 Å². The molecule has 102 valence electrons. The molecule has 0 bridgehead atoms. The molecular weight excluding hydrogens is 232 g/mol. The van der Waals surface area contributed by atoms with E-state index in [4.69, 9.17) is 0 Å². The van der Waals surface area contributed by atoms with Gasteiger partial charge in [-0.25, -0.2) is 0 Å². The number of imide groups is 1. The van der Waals surface area contributed by atoms with E-state index in [-0.39, 0.29) is 29.7 Å². The monoisotopic (exact) mass is 254 g/mol. The number of amides is 3. The molecule has 0 aromatic heterocycles. The Labute approximate surface area is 108 Å². The molecule has 1 heterocycles. The van der Waals surface area contributed by atoms with Crippen molar-refractivity contribution in [3.05, 3.63) is 0 Å². The van der Waals surface area contributed by atoms with Crippen LogP contribution >= 0.6 is 0 Å². The van der Waals surface area contributed by atoms with E-state index in [2.05, 4.69) is 5.32 Å². The van der Waals surface area contributed by atoms with E-state index < -0.39 is 0 Å². The molecule has 1 N–H and O–H groups in total. The Morgan fingerprint density at radius 1 is 1.44 bits per heavy atom. The van der Waals surface area contributed by atoms with E-state index in [1.54, 1.807) is 0 Å². The fraction of sp³-hybridized carbons (Fsp3) is 0.769. The third-order valence-electron chi connectivity index (χ3n) is 3.07. The minimum Gasteiger partial charge on any atom is -0.354 e. The molecule has 1 unspecified atom stereocenters. The van der Waals surface area contributed by atoms with Crippen LogP contribution in [0, 0.1) is 5.92 Å². The summed E-state index contributed by atoms with van der Waals surface area (Å²) in [6.07, 6.45) is 1.92. The SMILES string of the molecule is CCC1CC(=O)N(CCCC(=O)NC(C)C)C1=O. The standard InChI is InChI=1S/C13H22N2O3/c1-4-10-8-12(17)15(13(10)18)7-5-6-11(16)14-9(2)3/h9-10H,4-8H2,1-3H3,(H,14,16). The number of rotatable bonds is 6. The first-order chi connectivity index (χ1) is 8.45. The van der Waals surface area contributed by atoms with Gasteiger partial charge in [0.1, 0.15) is 0 Å². The van der Waals surface area contributed by atoms with Gasteiger partial charge in [-0.05, 0) is 26.7 Å². The van der Waals surface area contributed by atoms with E-state index in [9.17, 15) is 14.4 Å². The van der Waals surface area contributed by atoms with E-state index in [0.29, 0.717) is 32.2 Å². The Balaban J connectivity index is 2.33. The van der Waals surface area contributed by atoms with Gasteiger partial charge < -0.3 is 5.32 Å². The fourth-order valence-electron chi connectivity index (χ4n) is 2.10. The minimum atomic E-state index is -0.151. The number of carbonyl (C=O) groups is 3. The molecular formula is C13H22N2O3. The van der Waals surface area contributed by atoms with E-state index >= 15 is 0 Å². The first-order valence-electron chi connectivity index (χ1n) is 6.59. The van der Waals surface area contributed by atoms with Crippen molar-refractivity contribution in [2.24, 2.45) is 5.92 Å². The summed E-state index contributed by atoms with van der Waals surface area (Å²) in [5, 5.41) is 2.78. The molecule has 0 spiro atoms. The van der Waals surface area contributed by atoms with Crippen molar-refractivity contribution in [1.29, 1.82) is 0 Å². The molecule has 0 aromatic rings. The van der Waals surface area contributed by atoms with E-state index in [1.165, 1.54) is 4.90 Å². The molecule has 18 heavy (non-hydrogen) atoms. The Bertz CT molecular complexity index is 339. The lowest BCUT2D eigenvalue weighted by atomic mass is 10.1. The molecule has 1 aliphatic heterocycles. The summed E-state index contributed by atoms with van der Waals surface area (Å²) in [6.45, 7) is 6.07. The van der Waals surface area contributed by atoms with Crippen LogP contribution in [0.15, 0.2) is 0 Å². The third kappa shape index (κ3) is 3.82. The average molecular weight is 254 g/mol. The molecule has 0 saturated carbocycles. The molecule has 1 aliphatic rings. The highest BCUT2D eigenvalue weighted by molar-refractivity contribution is 6.03. The lowest BCUT2D eigenvalue weighted by molar-refractivity contribution is -0.139. The Morgan fingerprint density at radius 2 is 2.11 bits per heavy atom. The summed E-state index contributed by atoms with van der Waals surface area (Å²) in [6, 6.07) is 0.122. The normalized spacial score (nSPS) is 19.8. The van der Waals surface area contributed by atoms with Crippen molar-refractivity contribution in [3.8, 4) is 0 Å². The van der Waals surface area contributed by atoms with Crippen molar-refractivity contribution in [2.75, 3.05) is 6.54 Å². The molecule has 0 radical (unpaired) electrons. The lowest BCUT2D eigenvalue weighted by Gasteiger charge is -2.14. The molecule has 1 atom stereocenters. The summed E-state index contributed by atoms with van der Waals surface area (Å²) in [5.41, 5.74) is 0. The first kappa shape index (κ1) is 14.7. The van der Waals surface area contributed by atoms with Gasteiger partial charge in [-0.2, -0.15) is 0 Å². The van der Waals surface area contributed by atoms with Gasteiger partial charge in [0.15, 0.2) is 0 Å². The highest BCUT2D eigenvalue weighted by atomic mass is 16.2. The topological polar surface area (TPSA) is 66.5 Å². The maximum Gasteiger partial charge on any atom is 0.232 e. The third-order valence-corrected chi connectivity index (χ3v) is 3.07. The molecule has 3 amide bonds. The second-order valence-electron chi connectivity index (χ2n) is 5.02. The second kappa shape index (κ2) is 6.52. The number of nitrogens with one attached hydrogen (secondary N) is 1. The van der Waals surface area contributed by atoms with Gasteiger partial charge in [0.25, 0.3) is 0 Å². The summed E-state index contributed by atoms with van der Waals surface area (Å²) in [5.74, 6) is -0.360. The molecule has 0 aliphatic carbocycles. The largest absolute Gasteiger partial charge is 0.354 e. The van der Waals surface area contributed by atoms with Crippen molar-refractivity contribution in [2.45, 2.75) is 52.5 Å². The average Bonchev–Trinajstić information content (AvgIpc) is 2.55. The van der Waals surface area contributed by atoms with Crippen molar-refractivity contribution in [3.63, 3.8) is 0 Å². The summed E-state index contributed by atoms with van der Waals surface area (Å²) < 4.78 is 0. The van der Waals surface area contributed by atoms with Crippen LogP contribution in [0.25, 0.3) is 0 Å². The van der Waals surface area contributed by atoms with Crippen molar-refractivity contribution >= 4 is 17.7 Å². The van der Waals surface area contributed by atoms with Gasteiger partial charge >= 0.3 is 0 Å². The summed E-state index contributed by atoms with van der Waals surface area (Å²) >= 11 is 0. The van der Waals surface area contributed by atoms with E-state index in [0.717, 1.165) is 0 Å². The van der Waals surface area contributed by atoms with Gasteiger partial charge in [-0.15, -0.1) is 0 Å². The van der Waals surface area contributed by atoms with Gasteiger partial charge in [0.05, 0.1) is 0 Å². The summed E-state index contributed by atoms with van der Waals surface area (Å²) in [7, 11) is 0. The number of likely N-dealkylation sites (tertiary alicyclic amines) is 1. The van der Waals surface area contributed by atoms with Crippen molar-refractivity contribution in [1.82, 2.24) is 10.2 Å². The zero-order valence-electron chi connectivity index (χ0n) is 11.4. The van der Waals surface area contributed by atoms with Crippen LogP contribution in [0.3, 0.4) is 0 Å². The second-order valence-corrected chi connectivity index (χ2v) is 5.02. The van der Waals surface area contributed by atoms with Crippen LogP contribution in [-0.2, 0) is 14.4 Å². The zero-order chi connectivity index (χ0) is 13.7. The highest BCUT2D eigenvalue weighted by Crippen LogP contribution is 2.22. The number of hydrogen-bond donors (Lipinski definition) is 1. The lowest BCUT2D eigenvalue weighted by Crippen LogP contribution is -2.34. The molecule has 0 aromatic carbocycles. The van der Waals surface area contributed by atoms with Crippen LogP contribution < -0.4 is 5.32 Å². The van der Waals surface area contributed by atoms with Gasteiger partial charge in [-0.3, -0.25) is 19.3 Å². The van der Waals surface area contributed by atoms with Crippen LogP contribution in [-0.4, -0.2) is 35.2 Å². The highest BCUT2D eigenvalue weighted by Gasteiger charge is 2.36. The van der Waals surface area contributed by atoms with E-state index in [1.807, 2.05) is 20.8 Å². The maximum absolute atomic E-state index is 11.8. The Kier molecular flexibility index (Phi) is 5.31. The molecule has 5 heteroatoms. The zero-order valence-corrected chi connectivity index (χ0v) is 11.4. The van der Waals surface area contributed by atoms with Crippen LogP contribution in [0.1, 0.15) is 46.5 Å². The van der Waals surface area contributed by atoms with Crippen LogP contribution in [0.2, 0.25) is 0 Å². The van der Waals surface area contributed by atoms with Crippen LogP contribution in [0.4, 0.5) is 0 Å². The smallest absolute Gasteiger partial charge is 0.232 e. The Morgan fingerprint density at radius 3 is 2.61 bits per heavy atom.